The standard InChI is InChI=1S/C13H16O3/c1-9(8-16-3)11-4-6-12(7-5-11)10(2)13(14)15/h4-8,10H,1-3H3,(H,14,15). The molecule has 0 aliphatic heterocycles. The number of hydrogen-bond donors (Lipinski definition) is 1. The number of aliphatic carboxylic acids is 1. The highest BCUT2D eigenvalue weighted by Crippen LogP contribution is 2.19. The molecular weight excluding hydrogens is 204 g/mol. The highest BCUT2D eigenvalue weighted by atomic mass is 16.5. The van der Waals surface area contributed by atoms with Crippen molar-refractivity contribution in [2.75, 3.05) is 7.11 Å². The smallest absolute Gasteiger partial charge is 0.310 e. The fraction of sp³-hybridized carbons (Fsp3) is 0.308. The molecule has 3 nitrogen and oxygen atoms in total. The van der Waals surface area contributed by atoms with Crippen molar-refractivity contribution in [3.8, 4) is 0 Å². The summed E-state index contributed by atoms with van der Waals surface area (Å²) in [5, 5.41) is 8.87. The van der Waals surface area contributed by atoms with E-state index < -0.39 is 11.9 Å². The predicted octanol–water partition coefficient (Wildman–Crippen LogP) is 2.88. The van der Waals surface area contributed by atoms with E-state index in [1.807, 2.05) is 31.2 Å². The summed E-state index contributed by atoms with van der Waals surface area (Å²) in [7, 11) is 1.60. The highest BCUT2D eigenvalue weighted by Gasteiger charge is 2.12. The molecule has 1 rings (SSSR count). The van der Waals surface area contributed by atoms with Crippen LogP contribution in [-0.2, 0) is 9.53 Å². The van der Waals surface area contributed by atoms with E-state index >= 15 is 0 Å². The monoisotopic (exact) mass is 220 g/mol. The van der Waals surface area contributed by atoms with Crippen LogP contribution in [0.2, 0.25) is 0 Å². The second-order valence-corrected chi connectivity index (χ2v) is 3.72. The largest absolute Gasteiger partial charge is 0.504 e. The lowest BCUT2D eigenvalue weighted by Gasteiger charge is -2.07. The number of carboxylic acids is 1. The van der Waals surface area contributed by atoms with Crippen molar-refractivity contribution in [2.24, 2.45) is 0 Å². The Kier molecular flexibility index (Phi) is 4.11. The van der Waals surface area contributed by atoms with Crippen LogP contribution in [0.25, 0.3) is 5.57 Å². The van der Waals surface area contributed by atoms with Crippen LogP contribution in [0.5, 0.6) is 0 Å². The zero-order chi connectivity index (χ0) is 12.1. The molecule has 0 saturated heterocycles. The molecule has 1 atom stereocenters. The normalized spacial score (nSPS) is 13.3. The van der Waals surface area contributed by atoms with Crippen molar-refractivity contribution in [1.82, 2.24) is 0 Å². The number of hydrogen-bond acceptors (Lipinski definition) is 2. The van der Waals surface area contributed by atoms with Gasteiger partial charge in [-0.3, -0.25) is 4.79 Å². The Bertz CT molecular complexity index is 390. The molecule has 1 aromatic carbocycles. The molecule has 0 aliphatic carbocycles. The van der Waals surface area contributed by atoms with Crippen LogP contribution in [-0.4, -0.2) is 18.2 Å². The first kappa shape index (κ1) is 12.3. The van der Waals surface area contributed by atoms with Gasteiger partial charge in [0.25, 0.3) is 0 Å². The van der Waals surface area contributed by atoms with Crippen molar-refractivity contribution in [2.45, 2.75) is 19.8 Å². The van der Waals surface area contributed by atoms with Gasteiger partial charge in [0.15, 0.2) is 0 Å². The number of benzene rings is 1. The molecule has 0 radical (unpaired) electrons. The van der Waals surface area contributed by atoms with Gasteiger partial charge < -0.3 is 9.84 Å². The van der Waals surface area contributed by atoms with Crippen molar-refractivity contribution in [1.29, 1.82) is 0 Å². The molecule has 1 N–H and O–H groups in total. The van der Waals surface area contributed by atoms with Crippen molar-refractivity contribution >= 4 is 11.5 Å². The van der Waals surface area contributed by atoms with Crippen molar-refractivity contribution in [3.05, 3.63) is 41.7 Å². The molecular formula is C13H16O3. The number of methoxy groups -OCH3 is 1. The summed E-state index contributed by atoms with van der Waals surface area (Å²) in [6.45, 7) is 3.62. The first-order valence-electron chi connectivity index (χ1n) is 5.09. The second kappa shape index (κ2) is 5.35. The van der Waals surface area contributed by atoms with Gasteiger partial charge in [0.2, 0.25) is 0 Å². The van der Waals surface area contributed by atoms with E-state index in [0.717, 1.165) is 16.7 Å². The van der Waals surface area contributed by atoms with Gasteiger partial charge >= 0.3 is 5.97 Å². The molecule has 1 aromatic rings. The van der Waals surface area contributed by atoms with Gasteiger partial charge in [-0.25, -0.2) is 0 Å². The van der Waals surface area contributed by atoms with Gasteiger partial charge in [-0.15, -0.1) is 0 Å². The topological polar surface area (TPSA) is 46.5 Å². The van der Waals surface area contributed by atoms with Crippen LogP contribution in [0.4, 0.5) is 0 Å². The Labute approximate surface area is 95.4 Å². The van der Waals surface area contributed by atoms with E-state index in [0.29, 0.717) is 0 Å². The summed E-state index contributed by atoms with van der Waals surface area (Å²) in [5.41, 5.74) is 2.85. The minimum absolute atomic E-state index is 0.472. The van der Waals surface area contributed by atoms with E-state index in [1.54, 1.807) is 20.3 Å². The molecule has 0 aromatic heterocycles. The zero-order valence-electron chi connectivity index (χ0n) is 9.73. The molecule has 0 saturated carbocycles. The Morgan fingerprint density at radius 2 is 1.94 bits per heavy atom. The second-order valence-electron chi connectivity index (χ2n) is 3.72. The molecule has 16 heavy (non-hydrogen) atoms. The fourth-order valence-electron chi connectivity index (χ4n) is 1.42. The fourth-order valence-corrected chi connectivity index (χ4v) is 1.42. The third-order valence-electron chi connectivity index (χ3n) is 2.53. The van der Waals surface area contributed by atoms with Crippen LogP contribution < -0.4 is 0 Å². The van der Waals surface area contributed by atoms with Crippen molar-refractivity contribution in [3.63, 3.8) is 0 Å². The van der Waals surface area contributed by atoms with Crippen LogP contribution in [0.3, 0.4) is 0 Å². The highest BCUT2D eigenvalue weighted by molar-refractivity contribution is 5.75. The zero-order valence-corrected chi connectivity index (χ0v) is 9.73. The van der Waals surface area contributed by atoms with Crippen LogP contribution in [0.1, 0.15) is 30.9 Å². The number of carboxylic acid groups (broad SMARTS) is 1. The minimum Gasteiger partial charge on any atom is -0.504 e. The lowest BCUT2D eigenvalue weighted by Crippen LogP contribution is -2.07. The summed E-state index contributed by atoms with van der Waals surface area (Å²) in [6, 6.07) is 7.47. The SMILES string of the molecule is COC=C(C)c1ccc(C(C)C(=O)O)cc1. The molecule has 0 fully saturated rings. The van der Waals surface area contributed by atoms with E-state index in [-0.39, 0.29) is 0 Å². The van der Waals surface area contributed by atoms with E-state index in [4.69, 9.17) is 9.84 Å². The first-order valence-corrected chi connectivity index (χ1v) is 5.09. The lowest BCUT2D eigenvalue weighted by molar-refractivity contribution is -0.138. The lowest BCUT2D eigenvalue weighted by atomic mass is 9.98. The Balaban J connectivity index is 2.91. The van der Waals surface area contributed by atoms with Gasteiger partial charge in [-0.1, -0.05) is 24.3 Å². The van der Waals surface area contributed by atoms with Crippen LogP contribution >= 0.6 is 0 Å². The number of ether oxygens (including phenoxy) is 1. The first-order chi connectivity index (χ1) is 7.56. The molecule has 86 valence electrons. The Hall–Kier alpha value is -1.77. The molecule has 0 bridgehead atoms. The molecule has 0 heterocycles. The van der Waals surface area contributed by atoms with Gasteiger partial charge in [-0.05, 0) is 30.5 Å². The summed E-state index contributed by atoms with van der Waals surface area (Å²) in [4.78, 5) is 10.8. The average molecular weight is 220 g/mol. The Morgan fingerprint density at radius 3 is 2.38 bits per heavy atom. The van der Waals surface area contributed by atoms with E-state index in [1.165, 1.54) is 0 Å². The van der Waals surface area contributed by atoms with Crippen LogP contribution in [0, 0.1) is 0 Å². The molecule has 0 aliphatic rings. The van der Waals surface area contributed by atoms with E-state index in [9.17, 15) is 4.79 Å². The third kappa shape index (κ3) is 2.86. The Morgan fingerprint density at radius 1 is 1.38 bits per heavy atom. The number of allylic oxidation sites excluding steroid dienone is 1. The molecule has 3 heteroatoms. The van der Waals surface area contributed by atoms with Gasteiger partial charge in [-0.2, -0.15) is 0 Å². The number of rotatable bonds is 4. The van der Waals surface area contributed by atoms with Gasteiger partial charge in [0.05, 0.1) is 19.3 Å². The summed E-state index contributed by atoms with van der Waals surface area (Å²) >= 11 is 0. The molecule has 1 unspecified atom stereocenters. The van der Waals surface area contributed by atoms with Gasteiger partial charge in [0.1, 0.15) is 0 Å². The third-order valence-corrected chi connectivity index (χ3v) is 2.53. The quantitative estimate of drug-likeness (QED) is 0.793. The van der Waals surface area contributed by atoms with Crippen LogP contribution in [0.15, 0.2) is 30.5 Å². The van der Waals surface area contributed by atoms with Crippen molar-refractivity contribution < 1.29 is 14.6 Å². The molecule has 0 spiro atoms. The minimum atomic E-state index is -0.808. The average Bonchev–Trinajstić information content (AvgIpc) is 2.28. The summed E-state index contributed by atoms with van der Waals surface area (Å²) in [6.07, 6.45) is 1.66. The maximum Gasteiger partial charge on any atom is 0.310 e. The van der Waals surface area contributed by atoms with E-state index in [2.05, 4.69) is 0 Å². The predicted molar refractivity (Wildman–Crippen MR) is 63.2 cm³/mol. The maximum absolute atomic E-state index is 10.8. The summed E-state index contributed by atoms with van der Waals surface area (Å²) in [5.74, 6) is -1.28. The summed E-state index contributed by atoms with van der Waals surface area (Å²) < 4.78 is 4.92. The molecule has 0 amide bonds. The maximum atomic E-state index is 10.8. The number of carbonyl (C=O) groups is 1. The van der Waals surface area contributed by atoms with Gasteiger partial charge in [0, 0.05) is 0 Å².